The number of pyridine rings is 1. The summed E-state index contributed by atoms with van der Waals surface area (Å²) in [6.07, 6.45) is -4.25. The van der Waals surface area contributed by atoms with E-state index in [0.29, 0.717) is 0 Å². The lowest BCUT2D eigenvalue weighted by Gasteiger charge is -2.38. The molecule has 34 heavy (non-hydrogen) atoms. The number of nitrogens with one attached hydrogen (secondary N) is 1. The summed E-state index contributed by atoms with van der Waals surface area (Å²) >= 11 is 0. The number of hydrogen-bond donors (Lipinski definition) is 5. The van der Waals surface area contributed by atoms with Gasteiger partial charge in [0.15, 0.2) is 11.0 Å². The van der Waals surface area contributed by atoms with Crippen LogP contribution in [0.15, 0.2) is 17.1 Å². The molecule has 1 aliphatic rings. The Balaban J connectivity index is 1.86. The van der Waals surface area contributed by atoms with Gasteiger partial charge in [-0.2, -0.15) is 9.37 Å². The number of aliphatic hydroxyl groups excluding tert-OH is 2. The number of aromatic nitrogens is 3. The third-order valence-electron chi connectivity index (χ3n) is 6.61. The fourth-order valence-corrected chi connectivity index (χ4v) is 5.83. The van der Waals surface area contributed by atoms with Crippen molar-refractivity contribution in [1.29, 1.82) is 0 Å². The molecule has 0 aromatic carbocycles. The lowest BCUT2D eigenvalue weighted by molar-refractivity contribution is -0.0544. The van der Waals surface area contributed by atoms with Crippen LogP contribution in [0.1, 0.15) is 65.0 Å². The van der Waals surface area contributed by atoms with E-state index in [2.05, 4.69) is 15.0 Å². The number of H-pyrrole nitrogens is 1. The number of fused-ring (bicyclic) bond motifs is 1. The van der Waals surface area contributed by atoms with Gasteiger partial charge >= 0.3 is 7.60 Å². The molecule has 0 amide bonds. The minimum absolute atomic E-state index is 0.00204. The summed E-state index contributed by atoms with van der Waals surface area (Å²) < 4.78 is 37.6. The third-order valence-corrected chi connectivity index (χ3v) is 8.98. The standard InChI is InChI=1S/C21H31FN3O8P/c1-5-20(4,33-34(30,31)21(29,6-2)7-3)9-13-15(26)16(27)17(32-13)11-8-12-18(25-19(11)28)24-14(22)10-23-12/h8,10,13,15-17,26-27,29H,5-7,9H2,1-4H3,(H,30,31)(H,24,25,28). The maximum Gasteiger partial charge on any atom is 0.359 e. The van der Waals surface area contributed by atoms with Gasteiger partial charge in [0.1, 0.15) is 23.8 Å². The smallest absolute Gasteiger partial charge is 0.359 e. The molecule has 6 atom stereocenters. The van der Waals surface area contributed by atoms with Crippen molar-refractivity contribution < 1.29 is 38.4 Å². The van der Waals surface area contributed by atoms with Crippen LogP contribution in [0.25, 0.3) is 11.2 Å². The fraction of sp³-hybridized carbons (Fsp3) is 0.667. The lowest BCUT2D eigenvalue weighted by atomic mass is 9.92. The van der Waals surface area contributed by atoms with Crippen LogP contribution in [-0.4, -0.2) is 64.4 Å². The second-order valence-electron chi connectivity index (χ2n) is 8.87. The van der Waals surface area contributed by atoms with Crippen LogP contribution in [0.5, 0.6) is 0 Å². The summed E-state index contributed by atoms with van der Waals surface area (Å²) in [5.74, 6) is -0.874. The zero-order valence-electron chi connectivity index (χ0n) is 19.4. The first kappa shape index (κ1) is 26.8. The molecule has 0 aliphatic carbocycles. The Kier molecular flexibility index (Phi) is 7.64. The molecule has 0 radical (unpaired) electrons. The fourth-order valence-electron chi connectivity index (χ4n) is 4.06. The predicted octanol–water partition coefficient (Wildman–Crippen LogP) is 1.89. The molecule has 0 bridgehead atoms. The van der Waals surface area contributed by atoms with Crippen molar-refractivity contribution in [2.24, 2.45) is 0 Å². The van der Waals surface area contributed by atoms with E-state index in [1.807, 2.05) is 0 Å². The Hall–Kier alpha value is -1.79. The Labute approximate surface area is 195 Å². The van der Waals surface area contributed by atoms with Crippen molar-refractivity contribution in [2.45, 2.75) is 88.7 Å². The summed E-state index contributed by atoms with van der Waals surface area (Å²) in [4.78, 5) is 32.9. The maximum atomic E-state index is 13.3. The summed E-state index contributed by atoms with van der Waals surface area (Å²) in [6, 6.07) is 1.30. The molecule has 2 aromatic rings. The van der Waals surface area contributed by atoms with E-state index < -0.39 is 54.5 Å². The molecule has 1 saturated heterocycles. The molecular weight excluding hydrogens is 472 g/mol. The van der Waals surface area contributed by atoms with E-state index in [0.717, 1.165) is 6.20 Å². The van der Waals surface area contributed by atoms with Crippen molar-refractivity contribution >= 4 is 18.8 Å². The topological polar surface area (TPSA) is 175 Å². The first-order chi connectivity index (χ1) is 15.8. The molecule has 11 nitrogen and oxygen atoms in total. The third kappa shape index (κ3) is 4.94. The average Bonchev–Trinajstić information content (AvgIpc) is 3.05. The molecule has 1 aliphatic heterocycles. The highest BCUT2D eigenvalue weighted by Crippen LogP contribution is 2.60. The van der Waals surface area contributed by atoms with Gasteiger partial charge in [-0.05, 0) is 32.3 Å². The minimum Gasteiger partial charge on any atom is -0.388 e. The molecule has 3 heterocycles. The SMILES string of the molecule is CCC(C)(CC1OC(c2cc3ncc(F)nc3[nH]c2=O)C(O)C1O)OP(=O)(O)C(O)(CC)CC. The van der Waals surface area contributed by atoms with E-state index in [9.17, 15) is 34.0 Å². The van der Waals surface area contributed by atoms with Gasteiger partial charge in [-0.15, -0.1) is 0 Å². The highest BCUT2D eigenvalue weighted by Gasteiger charge is 2.51. The molecule has 13 heteroatoms. The number of aromatic amines is 1. The maximum absolute atomic E-state index is 13.3. The zero-order valence-corrected chi connectivity index (χ0v) is 20.3. The number of hydrogen-bond acceptors (Lipinski definition) is 9. The Bertz CT molecular complexity index is 1140. The molecule has 0 spiro atoms. The van der Waals surface area contributed by atoms with Crippen LogP contribution in [-0.2, 0) is 13.8 Å². The quantitative estimate of drug-likeness (QED) is 0.318. The monoisotopic (exact) mass is 503 g/mol. The first-order valence-electron chi connectivity index (χ1n) is 11.1. The van der Waals surface area contributed by atoms with Gasteiger partial charge < -0.3 is 34.5 Å². The Morgan fingerprint density at radius 1 is 1.24 bits per heavy atom. The van der Waals surface area contributed by atoms with Crippen LogP contribution >= 0.6 is 7.60 Å². The molecule has 0 saturated carbocycles. The molecule has 190 valence electrons. The Morgan fingerprint density at radius 3 is 2.47 bits per heavy atom. The van der Waals surface area contributed by atoms with Crippen molar-refractivity contribution in [3.8, 4) is 0 Å². The van der Waals surface area contributed by atoms with Crippen LogP contribution in [0.3, 0.4) is 0 Å². The van der Waals surface area contributed by atoms with Crippen LogP contribution in [0, 0.1) is 5.95 Å². The highest BCUT2D eigenvalue weighted by molar-refractivity contribution is 7.54. The van der Waals surface area contributed by atoms with Gasteiger partial charge in [0.2, 0.25) is 5.95 Å². The van der Waals surface area contributed by atoms with Crippen LogP contribution in [0.4, 0.5) is 4.39 Å². The summed E-state index contributed by atoms with van der Waals surface area (Å²) in [7, 11) is -4.50. The van der Waals surface area contributed by atoms with E-state index in [1.54, 1.807) is 27.7 Å². The zero-order chi connectivity index (χ0) is 25.5. The van der Waals surface area contributed by atoms with E-state index in [1.165, 1.54) is 6.07 Å². The molecule has 2 aromatic heterocycles. The van der Waals surface area contributed by atoms with Gasteiger partial charge in [0.25, 0.3) is 5.56 Å². The van der Waals surface area contributed by atoms with Gasteiger partial charge in [-0.3, -0.25) is 9.36 Å². The van der Waals surface area contributed by atoms with Gasteiger partial charge in [0.05, 0.1) is 23.5 Å². The lowest BCUT2D eigenvalue weighted by Crippen LogP contribution is -2.40. The second-order valence-corrected chi connectivity index (χ2v) is 10.9. The van der Waals surface area contributed by atoms with Gasteiger partial charge in [-0.1, -0.05) is 20.8 Å². The number of nitrogens with zero attached hydrogens (tertiary/aromatic N) is 2. The summed E-state index contributed by atoms with van der Waals surface area (Å²) in [5, 5.41) is 29.9. The van der Waals surface area contributed by atoms with E-state index in [4.69, 9.17) is 9.26 Å². The highest BCUT2D eigenvalue weighted by atomic mass is 31.2. The van der Waals surface area contributed by atoms with Crippen molar-refractivity contribution in [1.82, 2.24) is 15.0 Å². The normalized spacial score (nSPS) is 27.0. The Morgan fingerprint density at radius 2 is 1.88 bits per heavy atom. The summed E-state index contributed by atoms with van der Waals surface area (Å²) in [6.45, 7) is 6.40. The molecule has 5 N–H and O–H groups in total. The molecule has 6 unspecified atom stereocenters. The van der Waals surface area contributed by atoms with Gasteiger partial charge in [-0.25, -0.2) is 4.98 Å². The first-order valence-corrected chi connectivity index (χ1v) is 12.7. The van der Waals surface area contributed by atoms with Gasteiger partial charge in [0, 0.05) is 6.42 Å². The summed E-state index contributed by atoms with van der Waals surface area (Å²) in [5.41, 5.74) is -1.97. The van der Waals surface area contributed by atoms with E-state index in [-0.39, 0.29) is 42.4 Å². The van der Waals surface area contributed by atoms with Crippen molar-refractivity contribution in [2.75, 3.05) is 0 Å². The second kappa shape index (κ2) is 9.69. The largest absolute Gasteiger partial charge is 0.388 e. The minimum atomic E-state index is -4.50. The number of aliphatic hydroxyl groups is 3. The number of halogens is 1. The number of ether oxygens (including phenoxy) is 1. The van der Waals surface area contributed by atoms with Crippen molar-refractivity contribution in [3.05, 3.63) is 34.1 Å². The van der Waals surface area contributed by atoms with E-state index >= 15 is 0 Å². The predicted molar refractivity (Wildman–Crippen MR) is 119 cm³/mol. The van der Waals surface area contributed by atoms with Crippen molar-refractivity contribution in [3.63, 3.8) is 0 Å². The van der Waals surface area contributed by atoms with Crippen LogP contribution < -0.4 is 5.56 Å². The average molecular weight is 503 g/mol. The molecule has 3 rings (SSSR count). The number of rotatable bonds is 9. The molecular formula is C21H31FN3O8P. The van der Waals surface area contributed by atoms with Crippen LogP contribution in [0.2, 0.25) is 0 Å². The molecule has 1 fully saturated rings.